The topological polar surface area (TPSA) is 54.0 Å². The number of anilines is 1. The highest BCUT2D eigenvalue weighted by atomic mass is 32.1. The van der Waals surface area contributed by atoms with Gasteiger partial charge in [-0.3, -0.25) is 4.79 Å². The molecule has 0 aliphatic heterocycles. The molecule has 0 radical (unpaired) electrons. The molecule has 1 aliphatic rings. The van der Waals surface area contributed by atoms with Gasteiger partial charge in [0.1, 0.15) is 5.00 Å². The highest BCUT2D eigenvalue weighted by Gasteiger charge is 2.24. The van der Waals surface area contributed by atoms with Crippen molar-refractivity contribution in [2.45, 2.75) is 45.6 Å². The molecular weight excluding hydrogens is 246 g/mol. The highest BCUT2D eigenvalue weighted by molar-refractivity contribution is 7.10. The van der Waals surface area contributed by atoms with Gasteiger partial charge in [-0.15, -0.1) is 0 Å². The zero-order valence-corrected chi connectivity index (χ0v) is 12.1. The Morgan fingerprint density at radius 3 is 2.89 bits per heavy atom. The van der Waals surface area contributed by atoms with Crippen molar-refractivity contribution in [2.75, 3.05) is 12.4 Å². The van der Waals surface area contributed by atoms with Gasteiger partial charge >= 0.3 is 0 Å². The minimum atomic E-state index is 0.0182. The maximum absolute atomic E-state index is 12.3. The number of carbonyl (C=O) groups excluding carboxylic acids is 1. The Balaban J connectivity index is 2.05. The summed E-state index contributed by atoms with van der Waals surface area (Å²) in [5.41, 5.74) is 1.52. The Labute approximate surface area is 112 Å². The zero-order chi connectivity index (χ0) is 13.1. The fourth-order valence-electron chi connectivity index (χ4n) is 2.63. The summed E-state index contributed by atoms with van der Waals surface area (Å²) in [4.78, 5) is 12.3. The second-order valence-electron chi connectivity index (χ2n) is 5.16. The fraction of sp³-hybridized carbons (Fsp3) is 0.692. The third-order valence-electron chi connectivity index (χ3n) is 3.59. The SMILES string of the molecule is CNc1snc(C)c1C(=O)NC1CCCC(C)C1. The lowest BCUT2D eigenvalue weighted by Crippen LogP contribution is -2.38. The van der Waals surface area contributed by atoms with Crippen LogP contribution in [0.5, 0.6) is 0 Å². The molecule has 1 fully saturated rings. The molecule has 18 heavy (non-hydrogen) atoms. The Bertz CT molecular complexity index is 430. The summed E-state index contributed by atoms with van der Waals surface area (Å²) in [5, 5.41) is 7.05. The number of aromatic nitrogens is 1. The lowest BCUT2D eigenvalue weighted by molar-refractivity contribution is 0.0922. The van der Waals surface area contributed by atoms with E-state index in [1.165, 1.54) is 24.4 Å². The smallest absolute Gasteiger partial charge is 0.256 e. The first kappa shape index (κ1) is 13.3. The molecule has 0 bridgehead atoms. The minimum Gasteiger partial charge on any atom is -0.378 e. The van der Waals surface area contributed by atoms with Crippen LogP contribution >= 0.6 is 11.5 Å². The Hall–Kier alpha value is -1.10. The fourth-order valence-corrected chi connectivity index (χ4v) is 3.37. The van der Waals surface area contributed by atoms with Gasteiger partial charge in [0.2, 0.25) is 0 Å². The first-order valence-electron chi connectivity index (χ1n) is 6.56. The summed E-state index contributed by atoms with van der Waals surface area (Å²) >= 11 is 1.35. The molecule has 1 aromatic rings. The summed E-state index contributed by atoms with van der Waals surface area (Å²) < 4.78 is 4.23. The molecular formula is C13H21N3OS. The first-order valence-corrected chi connectivity index (χ1v) is 7.34. The van der Waals surface area contributed by atoms with Crippen molar-refractivity contribution in [1.82, 2.24) is 9.69 Å². The molecule has 0 aromatic carbocycles. The normalized spacial score (nSPS) is 23.7. The van der Waals surface area contributed by atoms with Crippen LogP contribution in [0, 0.1) is 12.8 Å². The molecule has 0 saturated heterocycles. The predicted octanol–water partition coefficient (Wildman–Crippen LogP) is 2.80. The van der Waals surface area contributed by atoms with E-state index in [1.54, 1.807) is 0 Å². The number of hydrogen-bond donors (Lipinski definition) is 2. The maximum atomic E-state index is 12.3. The molecule has 5 heteroatoms. The molecule has 0 spiro atoms. The van der Waals surface area contributed by atoms with Crippen molar-refractivity contribution in [3.8, 4) is 0 Å². The summed E-state index contributed by atoms with van der Waals surface area (Å²) in [6.07, 6.45) is 4.69. The number of nitrogens with one attached hydrogen (secondary N) is 2. The summed E-state index contributed by atoms with van der Waals surface area (Å²) in [7, 11) is 1.83. The van der Waals surface area contributed by atoms with Crippen LogP contribution in [0.4, 0.5) is 5.00 Å². The van der Waals surface area contributed by atoms with E-state index < -0.39 is 0 Å². The Morgan fingerprint density at radius 1 is 1.44 bits per heavy atom. The lowest BCUT2D eigenvalue weighted by Gasteiger charge is -2.27. The van der Waals surface area contributed by atoms with Crippen LogP contribution in [0.1, 0.15) is 48.7 Å². The molecule has 2 N–H and O–H groups in total. The van der Waals surface area contributed by atoms with Gasteiger partial charge in [0.15, 0.2) is 0 Å². The van der Waals surface area contributed by atoms with Crippen LogP contribution in [0.2, 0.25) is 0 Å². The van der Waals surface area contributed by atoms with Crippen molar-refractivity contribution in [2.24, 2.45) is 5.92 Å². The zero-order valence-electron chi connectivity index (χ0n) is 11.2. The van der Waals surface area contributed by atoms with E-state index in [1.807, 2.05) is 14.0 Å². The van der Waals surface area contributed by atoms with E-state index in [2.05, 4.69) is 21.9 Å². The summed E-state index contributed by atoms with van der Waals surface area (Å²) in [6.45, 7) is 4.14. The van der Waals surface area contributed by atoms with Crippen molar-refractivity contribution in [3.05, 3.63) is 11.3 Å². The molecule has 1 heterocycles. The molecule has 1 amide bonds. The van der Waals surface area contributed by atoms with Gasteiger partial charge in [0.25, 0.3) is 5.91 Å². The van der Waals surface area contributed by atoms with Crippen molar-refractivity contribution in [3.63, 3.8) is 0 Å². The van der Waals surface area contributed by atoms with Crippen LogP contribution in [0.15, 0.2) is 0 Å². The molecule has 2 unspecified atom stereocenters. The largest absolute Gasteiger partial charge is 0.378 e. The summed E-state index contributed by atoms with van der Waals surface area (Å²) in [5.74, 6) is 0.735. The maximum Gasteiger partial charge on any atom is 0.256 e. The quantitative estimate of drug-likeness (QED) is 0.885. The number of carbonyl (C=O) groups is 1. The molecule has 4 nitrogen and oxygen atoms in total. The Morgan fingerprint density at radius 2 is 2.22 bits per heavy atom. The number of rotatable bonds is 3. The molecule has 2 rings (SSSR count). The lowest BCUT2D eigenvalue weighted by atomic mass is 9.87. The van der Waals surface area contributed by atoms with Crippen LogP contribution in [0.25, 0.3) is 0 Å². The number of amides is 1. The van der Waals surface area contributed by atoms with Crippen LogP contribution in [-0.2, 0) is 0 Å². The second-order valence-corrected chi connectivity index (χ2v) is 5.94. The van der Waals surface area contributed by atoms with Crippen molar-refractivity contribution >= 4 is 22.4 Å². The third kappa shape index (κ3) is 2.83. The summed E-state index contributed by atoms with van der Waals surface area (Å²) in [6, 6.07) is 0.324. The number of hydrogen-bond acceptors (Lipinski definition) is 4. The number of nitrogens with zero attached hydrogens (tertiary/aromatic N) is 1. The van der Waals surface area contributed by atoms with Gasteiger partial charge in [-0.05, 0) is 37.2 Å². The molecule has 1 saturated carbocycles. The standard InChI is InChI=1S/C13H21N3OS/c1-8-5-4-6-10(7-8)15-12(17)11-9(2)16-18-13(11)14-3/h8,10,14H,4-7H2,1-3H3,(H,15,17). The van der Waals surface area contributed by atoms with E-state index >= 15 is 0 Å². The van der Waals surface area contributed by atoms with Crippen molar-refractivity contribution < 1.29 is 4.79 Å². The minimum absolute atomic E-state index is 0.0182. The van der Waals surface area contributed by atoms with Crippen LogP contribution in [-0.4, -0.2) is 23.4 Å². The Kier molecular flexibility index (Phi) is 4.22. The predicted molar refractivity (Wildman–Crippen MR) is 75.3 cm³/mol. The molecule has 1 aromatic heterocycles. The second kappa shape index (κ2) is 5.69. The van der Waals surface area contributed by atoms with E-state index in [0.29, 0.717) is 11.6 Å². The van der Waals surface area contributed by atoms with Gasteiger partial charge in [-0.2, -0.15) is 4.37 Å². The van der Waals surface area contributed by atoms with Gasteiger partial charge in [-0.25, -0.2) is 0 Å². The van der Waals surface area contributed by atoms with Gasteiger partial charge in [0.05, 0.1) is 11.3 Å². The van der Waals surface area contributed by atoms with Gasteiger partial charge < -0.3 is 10.6 Å². The van der Waals surface area contributed by atoms with Crippen molar-refractivity contribution in [1.29, 1.82) is 0 Å². The van der Waals surface area contributed by atoms with Gasteiger partial charge in [-0.1, -0.05) is 19.8 Å². The van der Waals surface area contributed by atoms with E-state index in [4.69, 9.17) is 0 Å². The monoisotopic (exact) mass is 267 g/mol. The van der Waals surface area contributed by atoms with E-state index in [0.717, 1.165) is 29.5 Å². The molecule has 1 aliphatic carbocycles. The first-order chi connectivity index (χ1) is 8.61. The average molecular weight is 267 g/mol. The molecule has 2 atom stereocenters. The molecule has 100 valence electrons. The van der Waals surface area contributed by atoms with E-state index in [9.17, 15) is 4.79 Å². The van der Waals surface area contributed by atoms with Gasteiger partial charge in [0, 0.05) is 13.1 Å². The van der Waals surface area contributed by atoms with Crippen LogP contribution < -0.4 is 10.6 Å². The average Bonchev–Trinajstić information content (AvgIpc) is 2.70. The number of aryl methyl sites for hydroxylation is 1. The van der Waals surface area contributed by atoms with E-state index in [-0.39, 0.29) is 5.91 Å². The van der Waals surface area contributed by atoms with Crippen LogP contribution in [0.3, 0.4) is 0 Å². The third-order valence-corrected chi connectivity index (χ3v) is 4.54. The highest BCUT2D eigenvalue weighted by Crippen LogP contribution is 2.26.